The zero-order chi connectivity index (χ0) is 33.4. The Kier molecular flexibility index (Phi) is 19.4. The number of hydrogen-bond acceptors (Lipinski definition) is 6. The van der Waals surface area contributed by atoms with Crippen molar-refractivity contribution in [3.63, 3.8) is 0 Å². The number of carbonyl (C=O) groups excluding carboxylic acids is 2. The first-order chi connectivity index (χ1) is 19.6. The number of halogens is 2. The number of amides is 2. The lowest BCUT2D eigenvalue weighted by Gasteiger charge is -2.39. The molecule has 0 saturated heterocycles. The molecule has 0 aliphatic heterocycles. The molecule has 1 heterocycles. The van der Waals surface area contributed by atoms with Crippen LogP contribution in [-0.2, 0) is 17.8 Å². The van der Waals surface area contributed by atoms with E-state index in [4.69, 9.17) is 8.23 Å². The summed E-state index contributed by atoms with van der Waals surface area (Å²) < 4.78 is 12.5. The first-order valence-corrected chi connectivity index (χ1v) is 25.9. The van der Waals surface area contributed by atoms with E-state index in [0.717, 1.165) is 43.6 Å². The minimum Gasteiger partial charge on any atom is -0.437 e. The number of carbonyl (C=O) groups is 2. The Hall–Kier alpha value is -0.709. The van der Waals surface area contributed by atoms with Gasteiger partial charge >= 0.3 is 8.56 Å². The van der Waals surface area contributed by atoms with Crippen LogP contribution in [0.15, 0.2) is 29.4 Å². The predicted molar refractivity (Wildman–Crippen MR) is 197 cm³/mol. The van der Waals surface area contributed by atoms with Crippen LogP contribution in [0.3, 0.4) is 0 Å². The average molecular weight is 783 g/mol. The highest BCUT2D eigenvalue weighted by Crippen LogP contribution is 2.26. The van der Waals surface area contributed by atoms with Gasteiger partial charge < -0.3 is 18.9 Å². The minimum atomic E-state index is -2.26. The fourth-order valence-electron chi connectivity index (χ4n) is 4.31. The molecule has 0 aromatic carbocycles. The van der Waals surface area contributed by atoms with Crippen LogP contribution in [0.4, 0.5) is 0 Å². The van der Waals surface area contributed by atoms with Crippen LogP contribution < -0.4 is 10.6 Å². The highest BCUT2D eigenvalue weighted by atomic mass is 79.9. The van der Waals surface area contributed by atoms with E-state index in [1.54, 1.807) is 6.20 Å². The molecule has 2 N–H and O–H groups in total. The van der Waals surface area contributed by atoms with E-state index in [1.807, 2.05) is 52.1 Å². The summed E-state index contributed by atoms with van der Waals surface area (Å²) >= 11 is 6.90. The Balaban J connectivity index is 0.00000133. The van der Waals surface area contributed by atoms with Gasteiger partial charge in [0.05, 0.1) is 10.0 Å². The molecular formula is C30H58Br2N4O4Si3. The van der Waals surface area contributed by atoms with Crippen LogP contribution in [0.25, 0.3) is 0 Å². The molecule has 0 atom stereocenters. The number of pyridine rings is 1. The van der Waals surface area contributed by atoms with E-state index in [1.165, 1.54) is 0 Å². The van der Waals surface area contributed by atoms with Gasteiger partial charge in [-0.1, -0.05) is 44.8 Å². The summed E-state index contributed by atoms with van der Waals surface area (Å²) in [4.78, 5) is 32.2. The highest BCUT2D eigenvalue weighted by Gasteiger charge is 2.39. The zero-order valence-corrected chi connectivity index (χ0v) is 34.7. The maximum absolute atomic E-state index is 12.0. The summed E-state index contributed by atoms with van der Waals surface area (Å²) in [7, 11) is -6.06. The molecule has 0 unspecified atom stereocenters. The Morgan fingerprint density at radius 1 is 0.930 bits per heavy atom. The van der Waals surface area contributed by atoms with Gasteiger partial charge in [0.1, 0.15) is 0 Å². The summed E-state index contributed by atoms with van der Waals surface area (Å²) in [6.07, 6.45) is 6.96. The van der Waals surface area contributed by atoms with Gasteiger partial charge in [0, 0.05) is 42.8 Å². The van der Waals surface area contributed by atoms with E-state index in [-0.39, 0.29) is 16.1 Å². The van der Waals surface area contributed by atoms with Gasteiger partial charge in [-0.05, 0) is 110 Å². The third-order valence-electron chi connectivity index (χ3n) is 5.95. The monoisotopic (exact) mass is 780 g/mol. The van der Waals surface area contributed by atoms with E-state index in [0.29, 0.717) is 19.5 Å². The molecule has 1 aromatic rings. The SMILES string of the molecule is CC(C)(Br)CC(=O)NCCC[Si](C)(C)O[Si](C)(C)O[Si](C)(C)CCCNC(=O)C(C)(C)Br.CCCN=Cc1ccccn1. The molecule has 1 rings (SSSR count). The van der Waals surface area contributed by atoms with Crippen LogP contribution in [0.2, 0.25) is 51.4 Å². The van der Waals surface area contributed by atoms with E-state index in [2.05, 4.69) is 98.7 Å². The van der Waals surface area contributed by atoms with Crippen molar-refractivity contribution in [1.82, 2.24) is 15.6 Å². The maximum atomic E-state index is 12.0. The standard InChI is InChI=1S/C21H46Br2N2O4Si3.C9H12N2/c1-20(2,22)17-18(26)24-13-11-15-30(5,6)28-32(9,10)29-31(7,8)16-12-14-25-19(27)21(3,4)23;1-2-6-10-8-9-5-3-4-7-11-9/h11-17H2,1-10H3,(H,24,26)(H,25,27);3-5,7-8H,2,6H2,1H3. The topological polar surface area (TPSA) is 102 Å². The maximum Gasteiger partial charge on any atom is 0.311 e. The van der Waals surface area contributed by atoms with Crippen LogP contribution in [0.1, 0.15) is 66.0 Å². The normalized spacial score (nSPS) is 13.0. The van der Waals surface area contributed by atoms with Crippen LogP contribution >= 0.6 is 31.9 Å². The minimum absolute atomic E-state index is 0.00998. The molecule has 2 amide bonds. The Labute approximate surface area is 282 Å². The molecule has 0 fully saturated rings. The largest absolute Gasteiger partial charge is 0.437 e. The smallest absolute Gasteiger partial charge is 0.311 e. The molecular weight excluding hydrogens is 724 g/mol. The van der Waals surface area contributed by atoms with Crippen LogP contribution in [-0.4, -0.2) is 76.5 Å². The van der Waals surface area contributed by atoms with Crippen molar-refractivity contribution in [1.29, 1.82) is 0 Å². The third-order valence-corrected chi connectivity index (χ3v) is 18.1. The van der Waals surface area contributed by atoms with E-state index >= 15 is 0 Å². The predicted octanol–water partition coefficient (Wildman–Crippen LogP) is 7.79. The second-order valence-corrected chi connectivity index (χ2v) is 30.2. The van der Waals surface area contributed by atoms with Gasteiger partial charge in [0.25, 0.3) is 0 Å². The highest BCUT2D eigenvalue weighted by molar-refractivity contribution is 9.10. The molecule has 0 bridgehead atoms. The van der Waals surface area contributed by atoms with Gasteiger partial charge in [0.2, 0.25) is 11.8 Å². The van der Waals surface area contributed by atoms with Gasteiger partial charge in [-0.2, -0.15) is 0 Å². The van der Waals surface area contributed by atoms with E-state index < -0.39 is 29.5 Å². The lowest BCUT2D eigenvalue weighted by molar-refractivity contribution is -0.122. The Morgan fingerprint density at radius 2 is 1.47 bits per heavy atom. The Morgan fingerprint density at radius 3 is 1.91 bits per heavy atom. The van der Waals surface area contributed by atoms with Crippen molar-refractivity contribution in [2.45, 2.75) is 120 Å². The zero-order valence-electron chi connectivity index (χ0n) is 28.5. The molecule has 248 valence electrons. The van der Waals surface area contributed by atoms with Crippen molar-refractivity contribution in [2.75, 3.05) is 19.6 Å². The van der Waals surface area contributed by atoms with Crippen molar-refractivity contribution in [3.8, 4) is 0 Å². The lowest BCUT2D eigenvalue weighted by Crippen LogP contribution is -2.52. The van der Waals surface area contributed by atoms with E-state index in [9.17, 15) is 9.59 Å². The molecule has 0 aliphatic rings. The Bertz CT molecular complexity index is 984. The van der Waals surface area contributed by atoms with Gasteiger partial charge in [-0.25, -0.2) is 0 Å². The van der Waals surface area contributed by atoms with Crippen molar-refractivity contribution in [2.24, 2.45) is 4.99 Å². The number of aromatic nitrogens is 1. The molecule has 0 aliphatic carbocycles. The summed E-state index contributed by atoms with van der Waals surface area (Å²) in [6.45, 7) is 25.2. The summed E-state index contributed by atoms with van der Waals surface area (Å²) in [5.74, 6) is 0.0877. The van der Waals surface area contributed by atoms with Crippen molar-refractivity contribution < 1.29 is 17.8 Å². The molecule has 0 radical (unpaired) electrons. The van der Waals surface area contributed by atoms with Gasteiger partial charge in [0.15, 0.2) is 16.6 Å². The quantitative estimate of drug-likeness (QED) is 0.0686. The average Bonchev–Trinajstić information content (AvgIpc) is 2.82. The second-order valence-electron chi connectivity index (χ2n) is 13.6. The molecule has 43 heavy (non-hydrogen) atoms. The number of nitrogens with zero attached hydrogens (tertiary/aromatic N) is 2. The number of alkyl halides is 2. The second kappa shape index (κ2) is 19.7. The van der Waals surface area contributed by atoms with Gasteiger partial charge in [-0.3, -0.25) is 19.6 Å². The molecule has 0 spiro atoms. The number of nitrogens with one attached hydrogen (secondary N) is 2. The number of aliphatic imine (C=N–C) groups is 1. The third kappa shape index (κ3) is 24.2. The number of hydrogen-bond donors (Lipinski definition) is 2. The van der Waals surface area contributed by atoms with Gasteiger partial charge in [-0.15, -0.1) is 0 Å². The fourth-order valence-corrected chi connectivity index (χ4v) is 18.8. The molecule has 0 saturated carbocycles. The lowest BCUT2D eigenvalue weighted by atomic mass is 10.1. The molecule has 13 heteroatoms. The summed E-state index contributed by atoms with van der Waals surface area (Å²) in [5.41, 5.74) is 0.931. The fraction of sp³-hybridized carbons (Fsp3) is 0.733. The molecule has 1 aromatic heterocycles. The number of rotatable bonds is 18. The van der Waals surface area contributed by atoms with Crippen molar-refractivity contribution >= 4 is 75.1 Å². The first-order valence-electron chi connectivity index (χ1n) is 15.3. The van der Waals surface area contributed by atoms with Crippen LogP contribution in [0, 0.1) is 0 Å². The first kappa shape index (κ1) is 42.3. The van der Waals surface area contributed by atoms with Crippen LogP contribution in [0.5, 0.6) is 0 Å². The summed E-state index contributed by atoms with van der Waals surface area (Å²) in [6, 6.07) is 7.77. The van der Waals surface area contributed by atoms with Crippen molar-refractivity contribution in [3.05, 3.63) is 30.1 Å². The summed E-state index contributed by atoms with van der Waals surface area (Å²) in [5, 5.41) is 5.99. The molecule has 8 nitrogen and oxygen atoms in total.